The molecule has 0 saturated heterocycles. The summed E-state index contributed by atoms with van der Waals surface area (Å²) in [7, 11) is 0. The molecule has 6 nitrogen and oxygen atoms in total. The van der Waals surface area contributed by atoms with E-state index in [4.69, 9.17) is 9.47 Å². The van der Waals surface area contributed by atoms with Crippen molar-refractivity contribution in [2.24, 2.45) is 0 Å². The molecule has 0 fully saturated rings. The summed E-state index contributed by atoms with van der Waals surface area (Å²) in [6.07, 6.45) is 0. The Morgan fingerprint density at radius 2 is 1.66 bits per heavy atom. The van der Waals surface area contributed by atoms with E-state index >= 15 is 0 Å². The zero-order chi connectivity index (χ0) is 21.0. The van der Waals surface area contributed by atoms with Gasteiger partial charge in [-0.1, -0.05) is 39.0 Å². The van der Waals surface area contributed by atoms with Gasteiger partial charge in [-0.25, -0.2) is 0 Å². The van der Waals surface area contributed by atoms with Crippen molar-refractivity contribution in [1.29, 1.82) is 0 Å². The van der Waals surface area contributed by atoms with Crippen LogP contribution in [0.25, 0.3) is 0 Å². The van der Waals surface area contributed by atoms with Crippen molar-refractivity contribution in [2.45, 2.75) is 45.7 Å². The summed E-state index contributed by atoms with van der Waals surface area (Å²) < 4.78 is 11.0. The fraction of sp³-hybridized carbons (Fsp3) is 0.391. The van der Waals surface area contributed by atoms with Gasteiger partial charge in [0.05, 0.1) is 0 Å². The van der Waals surface area contributed by atoms with Crippen LogP contribution in [0.4, 0.5) is 0 Å². The fourth-order valence-electron chi connectivity index (χ4n) is 3.01. The van der Waals surface area contributed by atoms with Crippen molar-refractivity contribution in [3.8, 4) is 11.5 Å². The molecule has 3 rings (SSSR count). The van der Waals surface area contributed by atoms with Gasteiger partial charge in [-0.05, 0) is 47.7 Å². The molecule has 1 unspecified atom stereocenters. The summed E-state index contributed by atoms with van der Waals surface area (Å²) in [5.41, 5.74) is 2.61. The minimum atomic E-state index is -0.651. The third-order valence-electron chi connectivity index (χ3n) is 4.83. The number of fused-ring (bicyclic) bond motifs is 1. The Bertz CT molecular complexity index is 885. The maximum absolute atomic E-state index is 12.4. The molecule has 2 aromatic carbocycles. The van der Waals surface area contributed by atoms with Gasteiger partial charge in [-0.2, -0.15) is 0 Å². The Balaban J connectivity index is 1.53. The third kappa shape index (κ3) is 5.28. The second-order valence-electron chi connectivity index (χ2n) is 8.22. The highest BCUT2D eigenvalue weighted by Gasteiger charge is 2.18. The normalized spacial score (nSPS) is 14.1. The first-order valence-corrected chi connectivity index (χ1v) is 9.82. The zero-order valence-electron chi connectivity index (χ0n) is 17.4. The lowest BCUT2D eigenvalue weighted by Crippen LogP contribution is -2.44. The summed E-state index contributed by atoms with van der Waals surface area (Å²) in [4.78, 5) is 24.8. The Morgan fingerprint density at radius 3 is 2.31 bits per heavy atom. The first-order chi connectivity index (χ1) is 13.7. The Kier molecular flexibility index (Phi) is 6.11. The molecule has 2 N–H and O–H groups in total. The molecule has 6 heteroatoms. The monoisotopic (exact) mass is 396 g/mol. The van der Waals surface area contributed by atoms with E-state index < -0.39 is 6.04 Å². The van der Waals surface area contributed by atoms with E-state index in [1.54, 1.807) is 19.1 Å². The first-order valence-electron chi connectivity index (χ1n) is 9.82. The van der Waals surface area contributed by atoms with Crippen molar-refractivity contribution in [3.63, 3.8) is 0 Å². The molecule has 1 aliphatic rings. The molecule has 1 atom stereocenters. The van der Waals surface area contributed by atoms with Gasteiger partial charge in [0, 0.05) is 12.1 Å². The molecule has 0 saturated carbocycles. The van der Waals surface area contributed by atoms with Crippen LogP contribution in [-0.4, -0.2) is 31.1 Å². The number of ether oxygens (including phenoxy) is 2. The van der Waals surface area contributed by atoms with Crippen LogP contribution in [0.3, 0.4) is 0 Å². The topological polar surface area (TPSA) is 76.7 Å². The predicted molar refractivity (Wildman–Crippen MR) is 111 cm³/mol. The Labute approximate surface area is 171 Å². The molecule has 0 aliphatic carbocycles. The lowest BCUT2D eigenvalue weighted by molar-refractivity contribution is -0.122. The SMILES string of the molecule is CC(NC(=O)c1ccc(C(C)(C)C)cc1)C(=O)NCc1ccc2c(c1)OCCO2. The standard InChI is InChI=1S/C23H28N2O4/c1-15(25-22(27)17-6-8-18(9-7-17)23(2,3)4)21(26)24-14-16-5-10-19-20(13-16)29-12-11-28-19/h5-10,13,15H,11-12,14H2,1-4H3,(H,24,26)(H,25,27). The van der Waals surface area contributed by atoms with Gasteiger partial charge in [-0.15, -0.1) is 0 Å². The zero-order valence-corrected chi connectivity index (χ0v) is 17.4. The van der Waals surface area contributed by atoms with Gasteiger partial charge in [0.25, 0.3) is 5.91 Å². The first kappa shape index (κ1) is 20.7. The molecule has 0 aromatic heterocycles. The summed E-state index contributed by atoms with van der Waals surface area (Å²) in [5, 5.41) is 5.59. The molecule has 0 radical (unpaired) electrons. The number of amides is 2. The maximum Gasteiger partial charge on any atom is 0.251 e. The van der Waals surface area contributed by atoms with Crippen molar-refractivity contribution in [3.05, 3.63) is 59.2 Å². The lowest BCUT2D eigenvalue weighted by Gasteiger charge is -2.20. The molecule has 1 heterocycles. The maximum atomic E-state index is 12.4. The molecule has 1 aliphatic heterocycles. The van der Waals surface area contributed by atoms with Crippen LogP contribution in [0.1, 0.15) is 49.2 Å². The summed E-state index contributed by atoms with van der Waals surface area (Å²) in [6.45, 7) is 9.43. The van der Waals surface area contributed by atoms with Crippen LogP contribution >= 0.6 is 0 Å². The van der Waals surface area contributed by atoms with E-state index in [2.05, 4.69) is 31.4 Å². The van der Waals surface area contributed by atoms with Gasteiger partial charge in [-0.3, -0.25) is 9.59 Å². The van der Waals surface area contributed by atoms with Crippen LogP contribution in [-0.2, 0) is 16.8 Å². The van der Waals surface area contributed by atoms with E-state index in [1.807, 2.05) is 30.3 Å². The number of rotatable bonds is 5. The number of hydrogen-bond acceptors (Lipinski definition) is 4. The fourth-order valence-corrected chi connectivity index (χ4v) is 3.01. The van der Waals surface area contributed by atoms with Gasteiger partial charge in [0.15, 0.2) is 11.5 Å². The van der Waals surface area contributed by atoms with Crippen LogP contribution in [0.5, 0.6) is 11.5 Å². The van der Waals surface area contributed by atoms with Crippen LogP contribution in [0.2, 0.25) is 0 Å². The van der Waals surface area contributed by atoms with Crippen LogP contribution < -0.4 is 20.1 Å². The number of nitrogens with one attached hydrogen (secondary N) is 2. The summed E-state index contributed by atoms with van der Waals surface area (Å²) in [5.74, 6) is 0.875. The third-order valence-corrected chi connectivity index (χ3v) is 4.83. The van der Waals surface area contributed by atoms with E-state index in [0.717, 1.165) is 11.1 Å². The second kappa shape index (κ2) is 8.55. The average molecular weight is 396 g/mol. The van der Waals surface area contributed by atoms with E-state index in [0.29, 0.717) is 36.8 Å². The van der Waals surface area contributed by atoms with Gasteiger partial charge in [0.2, 0.25) is 5.91 Å². The number of benzene rings is 2. The van der Waals surface area contributed by atoms with Gasteiger partial charge >= 0.3 is 0 Å². The number of carbonyl (C=O) groups is 2. The van der Waals surface area contributed by atoms with Crippen molar-refractivity contribution < 1.29 is 19.1 Å². The summed E-state index contributed by atoms with van der Waals surface area (Å²) in [6, 6.07) is 12.4. The molecule has 2 aromatic rings. The van der Waals surface area contributed by atoms with Gasteiger partial charge < -0.3 is 20.1 Å². The molecule has 2 amide bonds. The van der Waals surface area contributed by atoms with Gasteiger partial charge in [0.1, 0.15) is 19.3 Å². The minimum absolute atomic E-state index is 0.0238. The highest BCUT2D eigenvalue weighted by molar-refractivity contribution is 5.97. The minimum Gasteiger partial charge on any atom is -0.486 e. The molecular formula is C23H28N2O4. The lowest BCUT2D eigenvalue weighted by atomic mass is 9.86. The highest BCUT2D eigenvalue weighted by Crippen LogP contribution is 2.30. The number of hydrogen-bond donors (Lipinski definition) is 2. The summed E-state index contributed by atoms with van der Waals surface area (Å²) >= 11 is 0. The predicted octanol–water partition coefficient (Wildman–Crippen LogP) is 3.19. The van der Waals surface area contributed by atoms with Crippen molar-refractivity contribution in [1.82, 2.24) is 10.6 Å². The molecule has 0 bridgehead atoms. The highest BCUT2D eigenvalue weighted by atomic mass is 16.6. The van der Waals surface area contributed by atoms with Crippen molar-refractivity contribution >= 4 is 11.8 Å². The van der Waals surface area contributed by atoms with E-state index in [9.17, 15) is 9.59 Å². The average Bonchev–Trinajstić information content (AvgIpc) is 2.71. The van der Waals surface area contributed by atoms with Crippen LogP contribution in [0.15, 0.2) is 42.5 Å². The van der Waals surface area contributed by atoms with E-state index in [-0.39, 0.29) is 17.2 Å². The quantitative estimate of drug-likeness (QED) is 0.814. The smallest absolute Gasteiger partial charge is 0.251 e. The molecule has 29 heavy (non-hydrogen) atoms. The Morgan fingerprint density at radius 1 is 1.00 bits per heavy atom. The largest absolute Gasteiger partial charge is 0.486 e. The molecule has 154 valence electrons. The molecule has 0 spiro atoms. The molecular weight excluding hydrogens is 368 g/mol. The number of carbonyl (C=O) groups excluding carboxylic acids is 2. The van der Waals surface area contributed by atoms with Crippen LogP contribution in [0, 0.1) is 0 Å². The second-order valence-corrected chi connectivity index (χ2v) is 8.22. The van der Waals surface area contributed by atoms with E-state index in [1.165, 1.54) is 0 Å². The van der Waals surface area contributed by atoms with Crippen molar-refractivity contribution in [2.75, 3.05) is 13.2 Å². The Hall–Kier alpha value is -3.02.